The van der Waals surface area contributed by atoms with Crippen LogP contribution in [0, 0.1) is 0 Å². The maximum Gasteiger partial charge on any atom is 0.335 e. The van der Waals surface area contributed by atoms with Gasteiger partial charge in [-0.2, -0.15) is 0 Å². The highest BCUT2D eigenvalue weighted by Crippen LogP contribution is 2.40. The summed E-state index contributed by atoms with van der Waals surface area (Å²) in [6, 6.07) is 17.4. The zero-order chi connectivity index (χ0) is 19.7. The Bertz CT molecular complexity index is 768. The quantitative estimate of drug-likeness (QED) is 0.822. The molecule has 8 heteroatoms. The molecule has 6 atom stereocenters. The first kappa shape index (κ1) is 18.6. The molecule has 2 aliphatic heterocycles. The minimum absolute atomic E-state index is 0.571. The molecule has 0 radical (unpaired) electrons. The van der Waals surface area contributed by atoms with E-state index in [2.05, 4.69) is 0 Å². The summed E-state index contributed by atoms with van der Waals surface area (Å²) in [5.41, 5.74) is 1.14. The lowest BCUT2D eigenvalue weighted by molar-refractivity contribution is -0.373. The molecular formula is C20H18O8. The van der Waals surface area contributed by atoms with Gasteiger partial charge in [0.05, 0.1) is 0 Å². The summed E-state index contributed by atoms with van der Waals surface area (Å²) in [5.74, 6) is -2.53. The van der Waals surface area contributed by atoms with Crippen molar-refractivity contribution in [2.45, 2.75) is 37.0 Å². The van der Waals surface area contributed by atoms with Crippen LogP contribution in [0.25, 0.3) is 0 Å². The fourth-order valence-corrected chi connectivity index (χ4v) is 3.34. The first-order valence-electron chi connectivity index (χ1n) is 8.72. The maximum absolute atomic E-state index is 11.9. The Morgan fingerprint density at radius 2 is 0.964 bits per heavy atom. The van der Waals surface area contributed by atoms with Crippen LogP contribution in [-0.4, -0.2) is 46.6 Å². The normalized spacial score (nSPS) is 32.3. The van der Waals surface area contributed by atoms with Gasteiger partial charge in [-0.15, -0.1) is 0 Å². The molecule has 2 N–H and O–H groups in total. The number of ether oxygens (including phenoxy) is 4. The van der Waals surface area contributed by atoms with E-state index in [1.54, 1.807) is 60.7 Å². The van der Waals surface area contributed by atoms with Gasteiger partial charge in [0.1, 0.15) is 12.2 Å². The van der Waals surface area contributed by atoms with E-state index in [0.717, 1.165) is 0 Å². The lowest BCUT2D eigenvalue weighted by Gasteiger charge is -2.46. The van der Waals surface area contributed by atoms with E-state index in [1.807, 2.05) is 0 Å². The van der Waals surface area contributed by atoms with Crippen molar-refractivity contribution in [3.63, 3.8) is 0 Å². The molecular weight excluding hydrogens is 368 g/mol. The Kier molecular flexibility index (Phi) is 5.10. The van der Waals surface area contributed by atoms with Gasteiger partial charge in [0.2, 0.25) is 0 Å². The summed E-state index contributed by atoms with van der Waals surface area (Å²) >= 11 is 0. The predicted octanol–water partition coefficient (Wildman–Crippen LogP) is 2.12. The molecule has 0 amide bonds. The Morgan fingerprint density at radius 1 is 0.607 bits per heavy atom. The number of carbonyl (C=O) groups is 2. The highest BCUT2D eigenvalue weighted by molar-refractivity contribution is 5.76. The van der Waals surface area contributed by atoms with E-state index in [0.29, 0.717) is 11.1 Å². The number of aliphatic carboxylic acids is 2. The molecule has 6 unspecified atom stereocenters. The van der Waals surface area contributed by atoms with E-state index < -0.39 is 48.9 Å². The second-order valence-corrected chi connectivity index (χ2v) is 6.48. The molecule has 2 aliphatic rings. The molecule has 146 valence electrons. The van der Waals surface area contributed by atoms with Crippen LogP contribution in [-0.2, 0) is 28.5 Å². The van der Waals surface area contributed by atoms with Gasteiger partial charge in [-0.1, -0.05) is 60.7 Å². The molecule has 2 fully saturated rings. The number of carboxylic acid groups (broad SMARTS) is 2. The fraction of sp³-hybridized carbons (Fsp3) is 0.300. The number of hydrogen-bond acceptors (Lipinski definition) is 6. The van der Waals surface area contributed by atoms with Crippen molar-refractivity contribution >= 4 is 11.9 Å². The van der Waals surface area contributed by atoms with Crippen molar-refractivity contribution in [2.75, 3.05) is 0 Å². The van der Waals surface area contributed by atoms with Crippen molar-refractivity contribution in [3.05, 3.63) is 71.8 Å². The molecule has 2 heterocycles. The number of benzene rings is 2. The zero-order valence-electron chi connectivity index (χ0n) is 14.6. The summed E-state index contributed by atoms with van der Waals surface area (Å²) < 4.78 is 22.8. The Balaban J connectivity index is 1.67. The predicted molar refractivity (Wildman–Crippen MR) is 93.1 cm³/mol. The van der Waals surface area contributed by atoms with E-state index in [9.17, 15) is 19.8 Å². The van der Waals surface area contributed by atoms with Crippen molar-refractivity contribution < 1.29 is 38.7 Å². The Morgan fingerprint density at radius 3 is 1.29 bits per heavy atom. The van der Waals surface area contributed by atoms with Crippen LogP contribution >= 0.6 is 0 Å². The molecule has 2 aromatic rings. The fourth-order valence-electron chi connectivity index (χ4n) is 3.34. The lowest BCUT2D eigenvalue weighted by Crippen LogP contribution is -2.61. The second-order valence-electron chi connectivity index (χ2n) is 6.48. The molecule has 0 aliphatic carbocycles. The highest BCUT2D eigenvalue weighted by Gasteiger charge is 2.54. The van der Waals surface area contributed by atoms with Crippen LogP contribution in [0.5, 0.6) is 0 Å². The minimum atomic E-state index is -1.42. The van der Waals surface area contributed by atoms with Gasteiger partial charge in [-0.3, -0.25) is 0 Å². The van der Waals surface area contributed by atoms with E-state index in [-0.39, 0.29) is 0 Å². The highest BCUT2D eigenvalue weighted by atomic mass is 16.8. The summed E-state index contributed by atoms with van der Waals surface area (Å²) in [7, 11) is 0. The van der Waals surface area contributed by atoms with Crippen molar-refractivity contribution in [1.82, 2.24) is 0 Å². The van der Waals surface area contributed by atoms with Crippen LogP contribution < -0.4 is 0 Å². The Labute approximate surface area is 160 Å². The first-order chi connectivity index (χ1) is 13.5. The maximum atomic E-state index is 11.9. The summed E-state index contributed by atoms with van der Waals surface area (Å²) in [5, 5.41) is 19.3. The number of carboxylic acids is 2. The monoisotopic (exact) mass is 386 g/mol. The zero-order valence-corrected chi connectivity index (χ0v) is 14.6. The van der Waals surface area contributed by atoms with Gasteiger partial charge in [0, 0.05) is 11.1 Å². The Hall–Kier alpha value is -2.78. The average molecular weight is 386 g/mol. The molecule has 0 spiro atoms. The minimum Gasteiger partial charge on any atom is -0.479 e. The van der Waals surface area contributed by atoms with Crippen LogP contribution in [0.15, 0.2) is 60.7 Å². The summed E-state index contributed by atoms with van der Waals surface area (Å²) in [6.45, 7) is 0. The van der Waals surface area contributed by atoms with Gasteiger partial charge in [-0.05, 0) is 0 Å². The molecule has 2 saturated heterocycles. The third-order valence-electron chi connectivity index (χ3n) is 4.65. The number of hydrogen-bond donors (Lipinski definition) is 2. The standard InChI is InChI=1S/C20H18O8/c21-17(22)15-14-13(25-19(27-15)11-7-3-1-4-8-11)16(18(23)24)28-20(26-14)12-9-5-2-6-10-12/h1-10,13-16,19-20H,(H,21,22)(H,23,24). The van der Waals surface area contributed by atoms with Gasteiger partial charge >= 0.3 is 11.9 Å². The van der Waals surface area contributed by atoms with Crippen molar-refractivity contribution in [1.29, 1.82) is 0 Å². The van der Waals surface area contributed by atoms with E-state index in [4.69, 9.17) is 18.9 Å². The number of fused-ring (bicyclic) bond motifs is 1. The molecule has 0 bridgehead atoms. The smallest absolute Gasteiger partial charge is 0.335 e. The third-order valence-corrected chi connectivity index (χ3v) is 4.65. The molecule has 2 aromatic carbocycles. The van der Waals surface area contributed by atoms with Crippen LogP contribution in [0.2, 0.25) is 0 Å². The number of rotatable bonds is 4. The molecule has 0 saturated carbocycles. The average Bonchev–Trinajstić information content (AvgIpc) is 2.73. The van der Waals surface area contributed by atoms with Crippen LogP contribution in [0.4, 0.5) is 0 Å². The third kappa shape index (κ3) is 3.50. The van der Waals surface area contributed by atoms with Crippen LogP contribution in [0.3, 0.4) is 0 Å². The van der Waals surface area contributed by atoms with E-state index >= 15 is 0 Å². The molecule has 4 rings (SSSR count). The lowest BCUT2D eigenvalue weighted by atomic mass is 9.98. The summed E-state index contributed by atoms with van der Waals surface area (Å²) in [4.78, 5) is 23.7. The van der Waals surface area contributed by atoms with Gasteiger partial charge in [0.25, 0.3) is 0 Å². The second kappa shape index (κ2) is 7.69. The van der Waals surface area contributed by atoms with Gasteiger partial charge in [0.15, 0.2) is 24.8 Å². The van der Waals surface area contributed by atoms with Gasteiger partial charge in [-0.25, -0.2) is 9.59 Å². The van der Waals surface area contributed by atoms with Crippen molar-refractivity contribution in [2.24, 2.45) is 0 Å². The largest absolute Gasteiger partial charge is 0.479 e. The molecule has 8 nitrogen and oxygen atoms in total. The molecule has 28 heavy (non-hydrogen) atoms. The van der Waals surface area contributed by atoms with E-state index in [1.165, 1.54) is 0 Å². The topological polar surface area (TPSA) is 112 Å². The van der Waals surface area contributed by atoms with Gasteiger partial charge < -0.3 is 29.2 Å². The molecule has 0 aromatic heterocycles. The van der Waals surface area contributed by atoms with Crippen LogP contribution in [0.1, 0.15) is 23.7 Å². The summed E-state index contributed by atoms with van der Waals surface area (Å²) in [6.07, 6.45) is -7.24. The van der Waals surface area contributed by atoms with Crippen molar-refractivity contribution in [3.8, 4) is 0 Å². The SMILES string of the molecule is O=C(O)C1OC(c2ccccc2)OC2C(C(=O)O)OC(c3ccccc3)OC12. The first-order valence-corrected chi connectivity index (χ1v) is 8.72.